The molecule has 1 atom stereocenters. The Balaban J connectivity index is 1.64. The number of amidine groups is 1. The number of ether oxygens (including phenoxy) is 2. The van der Waals surface area contributed by atoms with E-state index in [4.69, 9.17) is 21.9 Å². The highest BCUT2D eigenvalue weighted by molar-refractivity contribution is 9.10. The highest BCUT2D eigenvalue weighted by Crippen LogP contribution is 2.43. The average Bonchev–Trinajstić information content (AvgIpc) is 3.00. The lowest BCUT2D eigenvalue weighted by Crippen LogP contribution is -2.58. The molecule has 2 aromatic carbocycles. The molecule has 0 aliphatic carbocycles. The van der Waals surface area contributed by atoms with Crippen LogP contribution in [0.2, 0.25) is 0 Å². The monoisotopic (exact) mass is 493 g/mol. The van der Waals surface area contributed by atoms with Crippen LogP contribution in [-0.2, 0) is 10.3 Å². The van der Waals surface area contributed by atoms with Crippen LogP contribution in [0.25, 0.3) is 0 Å². The molecule has 0 bridgehead atoms. The zero-order valence-corrected chi connectivity index (χ0v) is 18.2. The van der Waals surface area contributed by atoms with Gasteiger partial charge in [-0.25, -0.2) is 0 Å². The number of benzene rings is 2. The first-order valence-electron chi connectivity index (χ1n) is 9.46. The Morgan fingerprint density at radius 3 is 2.57 bits per heavy atom. The Hall–Kier alpha value is -2.10. The van der Waals surface area contributed by atoms with Crippen LogP contribution in [0.3, 0.4) is 0 Å². The van der Waals surface area contributed by atoms with E-state index >= 15 is 0 Å². The van der Waals surface area contributed by atoms with Gasteiger partial charge in [-0.1, -0.05) is 40.2 Å². The summed E-state index contributed by atoms with van der Waals surface area (Å²) in [5.41, 5.74) is 0.962. The smallest absolute Gasteiger partial charge is 0.387 e. The van der Waals surface area contributed by atoms with Gasteiger partial charge in [-0.15, -0.1) is 0 Å². The van der Waals surface area contributed by atoms with E-state index in [1.54, 1.807) is 24.3 Å². The molecule has 0 radical (unpaired) electrons. The second kappa shape index (κ2) is 7.25. The summed E-state index contributed by atoms with van der Waals surface area (Å²) >= 11 is 9.27. The van der Waals surface area contributed by atoms with Crippen LogP contribution in [-0.4, -0.2) is 48.8 Å². The van der Waals surface area contributed by atoms with Crippen molar-refractivity contribution in [3.63, 3.8) is 0 Å². The molecule has 1 spiro atoms. The molecule has 0 amide bonds. The van der Waals surface area contributed by atoms with Crippen LogP contribution in [0.1, 0.15) is 11.1 Å². The molecule has 156 valence electrons. The zero-order valence-electron chi connectivity index (χ0n) is 15.8. The standard InChI is InChI=1S/C21H18BrF2N3O2S/c22-15-3-1-2-14(8-15)21(13-4-6-16(7-5-13)29-18(23)24)17-25-9-20(11-28-12-20)10-27(17)19(30)26-21/h1-8,18H,9-12H2,(H,26,30). The van der Waals surface area contributed by atoms with E-state index < -0.39 is 12.2 Å². The fourth-order valence-corrected chi connectivity index (χ4v) is 5.02. The molecule has 0 saturated carbocycles. The number of nitrogens with zero attached hydrogens (tertiary/aromatic N) is 2. The molecule has 3 aliphatic rings. The molecule has 5 nitrogen and oxygen atoms in total. The normalized spacial score (nSPS) is 24.3. The number of rotatable bonds is 4. The zero-order chi connectivity index (χ0) is 20.9. The molecule has 1 unspecified atom stereocenters. The molecular formula is C21H18BrF2N3O2S. The number of hydrogen-bond acceptors (Lipinski definition) is 4. The van der Waals surface area contributed by atoms with E-state index in [2.05, 4.69) is 26.0 Å². The van der Waals surface area contributed by atoms with Crippen LogP contribution in [0.4, 0.5) is 8.78 Å². The van der Waals surface area contributed by atoms with Gasteiger partial charge in [-0.3, -0.25) is 4.99 Å². The number of nitrogens with one attached hydrogen (secondary N) is 1. The van der Waals surface area contributed by atoms with Crippen molar-refractivity contribution in [3.05, 3.63) is 64.1 Å². The van der Waals surface area contributed by atoms with Gasteiger partial charge in [0.2, 0.25) is 0 Å². The van der Waals surface area contributed by atoms with Crippen molar-refractivity contribution in [2.45, 2.75) is 12.2 Å². The van der Waals surface area contributed by atoms with Gasteiger partial charge in [0.1, 0.15) is 17.1 Å². The second-order valence-corrected chi connectivity index (χ2v) is 9.11. The lowest BCUT2D eigenvalue weighted by molar-refractivity contribution is -0.112. The van der Waals surface area contributed by atoms with Gasteiger partial charge in [-0.2, -0.15) is 8.78 Å². The van der Waals surface area contributed by atoms with Crippen molar-refractivity contribution in [1.82, 2.24) is 10.2 Å². The van der Waals surface area contributed by atoms with Crippen LogP contribution >= 0.6 is 28.1 Å². The summed E-state index contributed by atoms with van der Waals surface area (Å²) in [6, 6.07) is 14.6. The van der Waals surface area contributed by atoms with Crippen molar-refractivity contribution in [2.75, 3.05) is 26.3 Å². The van der Waals surface area contributed by atoms with Crippen molar-refractivity contribution in [3.8, 4) is 5.75 Å². The van der Waals surface area contributed by atoms with Crippen molar-refractivity contribution < 1.29 is 18.3 Å². The van der Waals surface area contributed by atoms with E-state index in [1.165, 1.54) is 0 Å². The van der Waals surface area contributed by atoms with Gasteiger partial charge >= 0.3 is 6.61 Å². The SMILES string of the molecule is FC(F)Oc1ccc(C2(c3cccc(Br)c3)NC(=S)N3CC4(CN=C32)COC4)cc1. The lowest BCUT2D eigenvalue weighted by atomic mass is 9.79. The molecule has 1 N–H and O–H groups in total. The third kappa shape index (κ3) is 3.11. The summed E-state index contributed by atoms with van der Waals surface area (Å²) in [6.45, 7) is -0.129. The first kappa shape index (κ1) is 19.8. The van der Waals surface area contributed by atoms with Gasteiger partial charge in [0.15, 0.2) is 5.11 Å². The first-order valence-corrected chi connectivity index (χ1v) is 10.7. The van der Waals surface area contributed by atoms with Gasteiger partial charge in [0.05, 0.1) is 25.2 Å². The van der Waals surface area contributed by atoms with E-state index in [-0.39, 0.29) is 11.2 Å². The average molecular weight is 494 g/mol. The number of hydrogen-bond donors (Lipinski definition) is 1. The third-order valence-corrected chi connectivity index (χ3v) is 6.59. The molecule has 2 aromatic rings. The minimum atomic E-state index is -2.87. The highest BCUT2D eigenvalue weighted by Gasteiger charge is 2.55. The van der Waals surface area contributed by atoms with E-state index in [9.17, 15) is 8.78 Å². The summed E-state index contributed by atoms with van der Waals surface area (Å²) in [7, 11) is 0. The minimum absolute atomic E-state index is 0.00243. The van der Waals surface area contributed by atoms with Gasteiger partial charge < -0.3 is 19.7 Å². The van der Waals surface area contributed by atoms with E-state index in [0.29, 0.717) is 24.9 Å². The largest absolute Gasteiger partial charge is 0.435 e. The molecule has 3 aliphatic heterocycles. The maximum absolute atomic E-state index is 12.6. The molecule has 0 aromatic heterocycles. The fraction of sp³-hybridized carbons (Fsp3) is 0.333. The van der Waals surface area contributed by atoms with Crippen LogP contribution in [0, 0.1) is 5.41 Å². The Morgan fingerprint density at radius 2 is 1.93 bits per heavy atom. The van der Waals surface area contributed by atoms with Crippen LogP contribution < -0.4 is 10.1 Å². The van der Waals surface area contributed by atoms with Gasteiger partial charge in [0, 0.05) is 11.0 Å². The highest BCUT2D eigenvalue weighted by atomic mass is 79.9. The van der Waals surface area contributed by atoms with E-state index in [0.717, 1.165) is 28.0 Å². The number of thiocarbonyl (C=S) groups is 1. The predicted molar refractivity (Wildman–Crippen MR) is 116 cm³/mol. The third-order valence-electron chi connectivity index (χ3n) is 5.78. The minimum Gasteiger partial charge on any atom is -0.435 e. The van der Waals surface area contributed by atoms with Gasteiger partial charge in [0.25, 0.3) is 0 Å². The summed E-state index contributed by atoms with van der Waals surface area (Å²) in [5, 5.41) is 4.08. The molecular weight excluding hydrogens is 476 g/mol. The van der Waals surface area contributed by atoms with Crippen LogP contribution in [0.5, 0.6) is 5.75 Å². The summed E-state index contributed by atoms with van der Waals surface area (Å²) < 4.78 is 36.1. The number of alkyl halides is 2. The lowest BCUT2D eigenvalue weighted by Gasteiger charge is -2.46. The van der Waals surface area contributed by atoms with Crippen molar-refractivity contribution >= 4 is 39.1 Å². The molecule has 9 heteroatoms. The van der Waals surface area contributed by atoms with Crippen LogP contribution in [0.15, 0.2) is 58.0 Å². The number of aliphatic imine (C=N–C) groups is 1. The Bertz CT molecular complexity index is 1030. The quantitative estimate of drug-likeness (QED) is 0.654. The molecule has 3 heterocycles. The Labute approximate surface area is 186 Å². The maximum atomic E-state index is 12.6. The molecule has 2 saturated heterocycles. The number of halogens is 3. The van der Waals surface area contributed by atoms with Gasteiger partial charge in [-0.05, 0) is 47.6 Å². The Morgan fingerprint density at radius 1 is 1.17 bits per heavy atom. The van der Waals surface area contributed by atoms with Crippen molar-refractivity contribution in [2.24, 2.45) is 10.4 Å². The number of fused-ring (bicyclic) bond motifs is 1. The van der Waals surface area contributed by atoms with Crippen molar-refractivity contribution in [1.29, 1.82) is 0 Å². The summed E-state index contributed by atoms with van der Waals surface area (Å²) in [4.78, 5) is 7.02. The second-order valence-electron chi connectivity index (χ2n) is 7.81. The molecule has 2 fully saturated rings. The molecule has 30 heavy (non-hydrogen) atoms. The summed E-state index contributed by atoms with van der Waals surface area (Å²) in [5.74, 6) is 0.914. The summed E-state index contributed by atoms with van der Waals surface area (Å²) in [6.07, 6.45) is 0. The van der Waals surface area contributed by atoms with E-state index in [1.807, 2.05) is 29.2 Å². The predicted octanol–water partition coefficient (Wildman–Crippen LogP) is 3.91. The topological polar surface area (TPSA) is 46.1 Å². The molecule has 5 rings (SSSR count). The first-order chi connectivity index (χ1) is 14.4. The fourth-order valence-electron chi connectivity index (χ4n) is 4.31. The maximum Gasteiger partial charge on any atom is 0.387 e. The Kier molecular flexibility index (Phi) is 4.79.